The van der Waals surface area contributed by atoms with Crippen LogP contribution in [-0.4, -0.2) is 70.6 Å². The van der Waals surface area contributed by atoms with E-state index in [0.29, 0.717) is 29.8 Å². The van der Waals surface area contributed by atoms with Crippen LogP contribution in [0.5, 0.6) is 0 Å². The Balaban J connectivity index is 1.29. The molecule has 4 N–H and O–H groups in total. The lowest BCUT2D eigenvalue weighted by Crippen LogP contribution is -2.45. The van der Waals surface area contributed by atoms with Crippen molar-refractivity contribution >= 4 is 34.4 Å². The van der Waals surface area contributed by atoms with E-state index in [-0.39, 0.29) is 36.6 Å². The molecule has 0 aliphatic carbocycles. The number of fused-ring (bicyclic) bond motifs is 2. The second kappa shape index (κ2) is 9.45. The summed E-state index contributed by atoms with van der Waals surface area (Å²) in [7, 11) is 0. The van der Waals surface area contributed by atoms with Crippen molar-refractivity contribution < 1.29 is 14.0 Å². The van der Waals surface area contributed by atoms with Gasteiger partial charge in [-0.2, -0.15) is 15.3 Å². The Bertz CT molecular complexity index is 1690. The van der Waals surface area contributed by atoms with Crippen LogP contribution in [0.4, 0.5) is 10.2 Å². The number of halogens is 1. The molecule has 0 saturated carbocycles. The van der Waals surface area contributed by atoms with Crippen LogP contribution in [0.3, 0.4) is 0 Å². The number of nitrogens with two attached hydrogens (primary N) is 2. The van der Waals surface area contributed by atoms with Gasteiger partial charge in [0.25, 0.3) is 11.5 Å². The van der Waals surface area contributed by atoms with E-state index in [9.17, 15) is 18.8 Å². The molecule has 1 saturated heterocycles. The van der Waals surface area contributed by atoms with E-state index in [1.807, 2.05) is 6.07 Å². The monoisotopic (exact) mass is 532 g/mol. The van der Waals surface area contributed by atoms with Crippen molar-refractivity contribution in [2.45, 2.75) is 44.7 Å². The van der Waals surface area contributed by atoms with E-state index in [4.69, 9.17) is 11.5 Å². The Kier molecular flexibility index (Phi) is 5.93. The van der Waals surface area contributed by atoms with Crippen molar-refractivity contribution in [1.82, 2.24) is 34.2 Å². The molecule has 14 heteroatoms. The molecular formula is C25H25FN10O3. The molecule has 2 unspecified atom stereocenters. The van der Waals surface area contributed by atoms with E-state index >= 15 is 0 Å². The summed E-state index contributed by atoms with van der Waals surface area (Å²) in [6.07, 6.45) is 2.65. The normalized spacial score (nSPS) is 19.1. The van der Waals surface area contributed by atoms with Gasteiger partial charge in [-0.1, -0.05) is 6.07 Å². The fourth-order valence-corrected chi connectivity index (χ4v) is 5.32. The van der Waals surface area contributed by atoms with Crippen LogP contribution in [0.2, 0.25) is 0 Å². The summed E-state index contributed by atoms with van der Waals surface area (Å²) in [6, 6.07) is 7.67. The summed E-state index contributed by atoms with van der Waals surface area (Å²) < 4.78 is 19.3. The first-order chi connectivity index (χ1) is 18.8. The first-order valence-corrected chi connectivity index (χ1v) is 12.5. The lowest BCUT2D eigenvalue weighted by molar-refractivity contribution is -0.132. The van der Waals surface area contributed by atoms with Crippen molar-refractivity contribution in [3.63, 3.8) is 0 Å². The van der Waals surface area contributed by atoms with Crippen LogP contribution in [0.25, 0.3) is 22.0 Å². The second-order valence-electron chi connectivity index (χ2n) is 9.61. The van der Waals surface area contributed by atoms with Crippen LogP contribution in [0, 0.1) is 0 Å². The summed E-state index contributed by atoms with van der Waals surface area (Å²) >= 11 is 0. The summed E-state index contributed by atoms with van der Waals surface area (Å²) in [5, 5.41) is 12.4. The Hall–Kier alpha value is -4.88. The quantitative estimate of drug-likeness (QED) is 0.270. The van der Waals surface area contributed by atoms with Crippen molar-refractivity contribution in [2.75, 3.05) is 6.54 Å². The van der Waals surface area contributed by atoms with Gasteiger partial charge in [0.1, 0.15) is 18.6 Å². The molecule has 3 aromatic heterocycles. The van der Waals surface area contributed by atoms with Gasteiger partial charge in [-0.15, -0.1) is 0 Å². The van der Waals surface area contributed by atoms with Gasteiger partial charge < -0.3 is 16.4 Å². The number of rotatable bonds is 6. The number of primary amides is 1. The molecule has 2 atom stereocenters. The standard InChI is InChI=1S/C25H25FN10O3/c26-16-9-19(24(27)31-20-10-21(37)36-7-1-6-35(20)36)33(12-16)22(38)13-34-18-3-2-14(15-4-5-29-30-11-15)8-17(18)23(32-34)25(28)39/h2-5,8,10-11,16,19H,1,6-7,9,12-13H2,(H2,27,31)(H2,28,39). The SMILES string of the molecule is NC(=O)c1nn(CC(=O)N2CC(F)CC2C(N)=Nc2cc(=O)n3n2CCC3)c2ccc(-c3ccnnc3)cc12. The number of carbonyl (C=O) groups excluding carboxylic acids is 2. The Morgan fingerprint density at radius 1 is 1.08 bits per heavy atom. The van der Waals surface area contributed by atoms with Crippen molar-refractivity contribution in [3.8, 4) is 11.1 Å². The van der Waals surface area contributed by atoms with Crippen LogP contribution < -0.4 is 17.0 Å². The first kappa shape index (κ1) is 24.5. The molecule has 0 radical (unpaired) electrons. The first-order valence-electron chi connectivity index (χ1n) is 12.5. The van der Waals surface area contributed by atoms with Gasteiger partial charge in [-0.3, -0.25) is 23.7 Å². The maximum absolute atomic E-state index is 14.6. The number of carbonyl (C=O) groups is 2. The number of aliphatic imine (C=N–C) groups is 1. The predicted molar refractivity (Wildman–Crippen MR) is 139 cm³/mol. The molecule has 39 heavy (non-hydrogen) atoms. The highest BCUT2D eigenvalue weighted by Crippen LogP contribution is 2.28. The molecule has 2 aliphatic heterocycles. The molecule has 0 bridgehead atoms. The number of likely N-dealkylation sites (tertiary alicyclic amines) is 1. The molecule has 0 spiro atoms. The molecule has 200 valence electrons. The third-order valence-corrected chi connectivity index (χ3v) is 7.14. The highest BCUT2D eigenvalue weighted by Gasteiger charge is 2.38. The molecule has 5 heterocycles. The highest BCUT2D eigenvalue weighted by molar-refractivity contribution is 6.05. The lowest BCUT2D eigenvalue weighted by atomic mass is 10.0. The summed E-state index contributed by atoms with van der Waals surface area (Å²) in [5.74, 6) is -0.754. The molecule has 13 nitrogen and oxygen atoms in total. The van der Waals surface area contributed by atoms with Gasteiger partial charge in [0.15, 0.2) is 11.5 Å². The van der Waals surface area contributed by atoms with Crippen molar-refractivity contribution in [3.05, 3.63) is 58.8 Å². The molecular weight excluding hydrogens is 507 g/mol. The largest absolute Gasteiger partial charge is 0.385 e. The average Bonchev–Trinajstić information content (AvgIpc) is 3.69. The van der Waals surface area contributed by atoms with Gasteiger partial charge >= 0.3 is 0 Å². The van der Waals surface area contributed by atoms with Crippen molar-refractivity contribution in [2.24, 2.45) is 16.5 Å². The van der Waals surface area contributed by atoms with E-state index in [0.717, 1.165) is 17.5 Å². The molecule has 6 rings (SSSR count). The second-order valence-corrected chi connectivity index (χ2v) is 9.61. The summed E-state index contributed by atoms with van der Waals surface area (Å²) in [4.78, 5) is 43.5. The van der Waals surface area contributed by atoms with E-state index in [1.165, 1.54) is 15.6 Å². The molecule has 1 fully saturated rings. The smallest absolute Gasteiger partial charge is 0.269 e. The van der Waals surface area contributed by atoms with Crippen molar-refractivity contribution in [1.29, 1.82) is 0 Å². The fraction of sp³-hybridized carbons (Fsp3) is 0.320. The van der Waals surface area contributed by atoms with Crippen LogP contribution in [0.1, 0.15) is 23.3 Å². The lowest BCUT2D eigenvalue weighted by Gasteiger charge is -2.24. The molecule has 2 aliphatic rings. The third kappa shape index (κ3) is 4.32. The van der Waals surface area contributed by atoms with Gasteiger partial charge in [0.2, 0.25) is 5.91 Å². The molecule has 4 aromatic rings. The zero-order chi connectivity index (χ0) is 27.3. The molecule has 1 aromatic carbocycles. The number of amidine groups is 1. The average molecular weight is 533 g/mol. The maximum Gasteiger partial charge on any atom is 0.269 e. The third-order valence-electron chi connectivity index (χ3n) is 7.14. The number of hydrogen-bond acceptors (Lipinski definition) is 7. The van der Waals surface area contributed by atoms with Crippen LogP contribution in [0.15, 0.2) is 52.5 Å². The number of nitrogens with zero attached hydrogens (tertiary/aromatic N) is 8. The number of benzene rings is 1. The topological polar surface area (TPSA) is 172 Å². The van der Waals surface area contributed by atoms with Crippen LogP contribution in [-0.2, 0) is 24.4 Å². The van der Waals surface area contributed by atoms with E-state index in [2.05, 4.69) is 20.3 Å². The molecule has 2 amide bonds. The van der Waals surface area contributed by atoms with Gasteiger partial charge in [-0.25, -0.2) is 14.1 Å². The number of hydrogen-bond donors (Lipinski definition) is 2. The Morgan fingerprint density at radius 3 is 2.67 bits per heavy atom. The van der Waals surface area contributed by atoms with E-state index in [1.54, 1.807) is 40.0 Å². The number of alkyl halides is 1. The Labute approximate surface area is 220 Å². The summed E-state index contributed by atoms with van der Waals surface area (Å²) in [6.45, 7) is 0.800. The predicted octanol–water partition coefficient (Wildman–Crippen LogP) is 0.587. The maximum atomic E-state index is 14.6. The van der Waals surface area contributed by atoms with Gasteiger partial charge in [0, 0.05) is 36.5 Å². The minimum absolute atomic E-state index is 0.0112. The highest BCUT2D eigenvalue weighted by atomic mass is 19.1. The minimum Gasteiger partial charge on any atom is -0.385 e. The fourth-order valence-electron chi connectivity index (χ4n) is 5.32. The summed E-state index contributed by atoms with van der Waals surface area (Å²) in [5.41, 5.74) is 13.8. The number of amides is 2. The zero-order valence-corrected chi connectivity index (χ0v) is 20.8. The minimum atomic E-state index is -1.29. The van der Waals surface area contributed by atoms with Gasteiger partial charge in [-0.05, 0) is 30.2 Å². The van der Waals surface area contributed by atoms with E-state index < -0.39 is 24.0 Å². The van der Waals surface area contributed by atoms with Gasteiger partial charge in [0.05, 0.1) is 30.5 Å². The zero-order valence-electron chi connectivity index (χ0n) is 20.8. The number of aromatic nitrogens is 6. The van der Waals surface area contributed by atoms with Crippen LogP contribution >= 0.6 is 0 Å². The Morgan fingerprint density at radius 2 is 1.90 bits per heavy atom.